The highest BCUT2D eigenvalue weighted by Gasteiger charge is 2.36. The van der Waals surface area contributed by atoms with E-state index in [0.29, 0.717) is 12.0 Å². The van der Waals surface area contributed by atoms with Gasteiger partial charge in [-0.3, -0.25) is 4.79 Å². The van der Waals surface area contributed by atoms with Gasteiger partial charge >= 0.3 is 0 Å². The maximum Gasteiger partial charge on any atom is 0.169 e. The molecule has 0 aromatic heterocycles. The van der Waals surface area contributed by atoms with Crippen LogP contribution in [0.25, 0.3) is 0 Å². The second-order valence-corrected chi connectivity index (χ2v) is 5.62. The van der Waals surface area contributed by atoms with Crippen molar-refractivity contribution in [2.24, 2.45) is 5.92 Å². The van der Waals surface area contributed by atoms with E-state index in [2.05, 4.69) is 0 Å². The topological polar surface area (TPSA) is 37.3 Å². The number of Topliss-reactive ketones (excluding diaryl/α,β-unsaturated/α-hetero) is 1. The van der Waals surface area contributed by atoms with Gasteiger partial charge in [0.1, 0.15) is 0 Å². The lowest BCUT2D eigenvalue weighted by molar-refractivity contribution is 0.0725. The summed E-state index contributed by atoms with van der Waals surface area (Å²) in [5, 5.41) is 10.4. The summed E-state index contributed by atoms with van der Waals surface area (Å²) in [6, 6.07) is 13.5. The zero-order chi connectivity index (χ0) is 14.3. The predicted octanol–water partition coefficient (Wildman–Crippen LogP) is 3.39. The molecule has 0 spiro atoms. The maximum absolute atomic E-state index is 12.6. The fraction of sp³-hybridized carbons (Fsp3) is 0.278. The van der Waals surface area contributed by atoms with Gasteiger partial charge in [0.05, 0.1) is 12.0 Å². The molecule has 0 saturated carbocycles. The first-order chi connectivity index (χ1) is 9.58. The summed E-state index contributed by atoms with van der Waals surface area (Å²) in [7, 11) is 0. The molecule has 3 rings (SSSR count). The van der Waals surface area contributed by atoms with E-state index in [-0.39, 0.29) is 11.7 Å². The lowest BCUT2D eigenvalue weighted by atomic mass is 9.91. The van der Waals surface area contributed by atoms with Crippen LogP contribution in [0.5, 0.6) is 0 Å². The van der Waals surface area contributed by atoms with E-state index in [1.807, 2.05) is 56.3 Å². The molecule has 2 atom stereocenters. The molecule has 0 fully saturated rings. The monoisotopic (exact) mass is 266 g/mol. The molecule has 0 bridgehead atoms. The summed E-state index contributed by atoms with van der Waals surface area (Å²) < 4.78 is 0. The van der Waals surface area contributed by atoms with Gasteiger partial charge in [0.2, 0.25) is 0 Å². The molecule has 1 N–H and O–H groups in total. The van der Waals surface area contributed by atoms with Crippen LogP contribution in [-0.2, 0) is 6.42 Å². The molecule has 20 heavy (non-hydrogen) atoms. The van der Waals surface area contributed by atoms with Gasteiger partial charge in [-0.05, 0) is 48.6 Å². The molecular weight excluding hydrogens is 248 g/mol. The van der Waals surface area contributed by atoms with E-state index in [9.17, 15) is 9.90 Å². The van der Waals surface area contributed by atoms with Crippen LogP contribution >= 0.6 is 0 Å². The lowest BCUT2D eigenvalue weighted by Crippen LogP contribution is -2.19. The number of benzene rings is 2. The number of aliphatic hydroxyl groups is 1. The lowest BCUT2D eigenvalue weighted by Gasteiger charge is -2.14. The van der Waals surface area contributed by atoms with Gasteiger partial charge in [-0.25, -0.2) is 0 Å². The minimum absolute atomic E-state index is 0.0387. The Morgan fingerprint density at radius 3 is 2.55 bits per heavy atom. The summed E-state index contributed by atoms with van der Waals surface area (Å²) in [4.78, 5) is 12.6. The third-order valence-corrected chi connectivity index (χ3v) is 4.32. The zero-order valence-electron chi connectivity index (χ0n) is 11.8. The Morgan fingerprint density at radius 1 is 1.10 bits per heavy atom. The van der Waals surface area contributed by atoms with E-state index in [4.69, 9.17) is 0 Å². The molecule has 0 radical (unpaired) electrons. The van der Waals surface area contributed by atoms with E-state index in [1.54, 1.807) is 0 Å². The highest BCUT2D eigenvalue weighted by atomic mass is 16.3. The van der Waals surface area contributed by atoms with Crippen LogP contribution < -0.4 is 0 Å². The number of hydrogen-bond donors (Lipinski definition) is 1. The van der Waals surface area contributed by atoms with Crippen LogP contribution in [0.1, 0.15) is 38.7 Å². The molecule has 2 aromatic carbocycles. The summed E-state index contributed by atoms with van der Waals surface area (Å²) >= 11 is 0. The fourth-order valence-electron chi connectivity index (χ4n) is 2.92. The first-order valence-corrected chi connectivity index (χ1v) is 6.95. The Balaban J connectivity index is 1.91. The van der Waals surface area contributed by atoms with Crippen molar-refractivity contribution in [3.63, 3.8) is 0 Å². The van der Waals surface area contributed by atoms with Crippen LogP contribution in [0.3, 0.4) is 0 Å². The Labute approximate surface area is 119 Å². The largest absolute Gasteiger partial charge is 0.388 e. The molecule has 0 heterocycles. The van der Waals surface area contributed by atoms with Crippen molar-refractivity contribution in [1.29, 1.82) is 0 Å². The van der Waals surface area contributed by atoms with Crippen molar-refractivity contribution in [2.75, 3.05) is 0 Å². The maximum atomic E-state index is 12.6. The molecule has 0 aliphatic heterocycles. The summed E-state index contributed by atoms with van der Waals surface area (Å²) in [6.45, 7) is 4.04. The first kappa shape index (κ1) is 13.1. The normalized spacial score (nSPS) is 20.8. The van der Waals surface area contributed by atoms with Crippen molar-refractivity contribution in [1.82, 2.24) is 0 Å². The first-order valence-electron chi connectivity index (χ1n) is 6.95. The fourth-order valence-corrected chi connectivity index (χ4v) is 2.92. The molecule has 0 amide bonds. The quantitative estimate of drug-likeness (QED) is 0.846. The molecule has 0 unspecified atom stereocenters. The Hall–Kier alpha value is -1.93. The Morgan fingerprint density at radius 2 is 1.85 bits per heavy atom. The van der Waals surface area contributed by atoms with Gasteiger partial charge in [0, 0.05) is 5.56 Å². The summed E-state index contributed by atoms with van der Waals surface area (Å²) in [5.74, 6) is -0.314. The average molecular weight is 266 g/mol. The molecule has 1 aliphatic rings. The minimum Gasteiger partial charge on any atom is -0.388 e. The Kier molecular flexibility index (Phi) is 3.19. The smallest absolute Gasteiger partial charge is 0.169 e. The van der Waals surface area contributed by atoms with Crippen molar-refractivity contribution in [3.05, 3.63) is 70.3 Å². The number of carbonyl (C=O) groups is 1. The van der Waals surface area contributed by atoms with Crippen molar-refractivity contribution in [3.8, 4) is 0 Å². The van der Waals surface area contributed by atoms with Crippen LogP contribution in [0, 0.1) is 19.8 Å². The van der Waals surface area contributed by atoms with Gasteiger partial charge in [-0.1, -0.05) is 36.4 Å². The SMILES string of the molecule is Cc1ccc(C(=O)[C@@H]2Cc3ccccc3[C@@H]2O)cc1C. The van der Waals surface area contributed by atoms with Gasteiger partial charge in [-0.2, -0.15) is 0 Å². The standard InChI is InChI=1S/C18H18O2/c1-11-7-8-14(9-12(11)2)17(19)16-10-13-5-3-4-6-15(13)18(16)20/h3-9,16,18,20H,10H2,1-2H3/t16-,18-/m0/s1. The van der Waals surface area contributed by atoms with Crippen molar-refractivity contribution < 1.29 is 9.90 Å². The molecule has 102 valence electrons. The van der Waals surface area contributed by atoms with E-state index >= 15 is 0 Å². The summed E-state index contributed by atoms with van der Waals surface area (Å²) in [5.41, 5.74) is 4.97. The minimum atomic E-state index is -0.680. The van der Waals surface area contributed by atoms with Gasteiger partial charge in [0.15, 0.2) is 5.78 Å². The second kappa shape index (κ2) is 4.88. The van der Waals surface area contributed by atoms with Crippen molar-refractivity contribution in [2.45, 2.75) is 26.4 Å². The van der Waals surface area contributed by atoms with Crippen LogP contribution in [-0.4, -0.2) is 10.9 Å². The third kappa shape index (κ3) is 2.06. The number of aliphatic hydroxyl groups excluding tert-OH is 1. The van der Waals surface area contributed by atoms with Crippen LogP contribution in [0.2, 0.25) is 0 Å². The molecule has 2 aromatic rings. The Bertz CT molecular complexity index is 673. The molecule has 1 aliphatic carbocycles. The predicted molar refractivity (Wildman–Crippen MR) is 78.8 cm³/mol. The molecule has 2 nitrogen and oxygen atoms in total. The van der Waals surface area contributed by atoms with Gasteiger partial charge in [0.25, 0.3) is 0 Å². The van der Waals surface area contributed by atoms with Crippen molar-refractivity contribution >= 4 is 5.78 Å². The molecule has 2 heteroatoms. The highest BCUT2D eigenvalue weighted by molar-refractivity contribution is 5.99. The van der Waals surface area contributed by atoms with E-state index in [0.717, 1.165) is 16.7 Å². The van der Waals surface area contributed by atoms with Gasteiger partial charge in [-0.15, -0.1) is 0 Å². The van der Waals surface area contributed by atoms with Crippen LogP contribution in [0.15, 0.2) is 42.5 Å². The number of ketones is 1. The van der Waals surface area contributed by atoms with E-state index < -0.39 is 6.10 Å². The zero-order valence-corrected chi connectivity index (χ0v) is 11.8. The van der Waals surface area contributed by atoms with Crippen LogP contribution in [0.4, 0.5) is 0 Å². The number of rotatable bonds is 2. The molecular formula is C18H18O2. The number of hydrogen-bond acceptors (Lipinski definition) is 2. The third-order valence-electron chi connectivity index (χ3n) is 4.32. The number of aryl methyl sites for hydroxylation is 2. The highest BCUT2D eigenvalue weighted by Crippen LogP contribution is 2.37. The number of carbonyl (C=O) groups excluding carboxylic acids is 1. The van der Waals surface area contributed by atoms with Gasteiger partial charge < -0.3 is 5.11 Å². The average Bonchev–Trinajstić information content (AvgIpc) is 2.79. The molecule has 0 saturated heterocycles. The van der Waals surface area contributed by atoms with E-state index in [1.165, 1.54) is 5.56 Å². The second-order valence-electron chi connectivity index (χ2n) is 5.62. The summed E-state index contributed by atoms with van der Waals surface area (Å²) in [6.07, 6.45) is -0.0522. The number of fused-ring (bicyclic) bond motifs is 1.